The summed E-state index contributed by atoms with van der Waals surface area (Å²) in [6, 6.07) is 1.90. The van der Waals surface area contributed by atoms with Crippen molar-refractivity contribution < 1.29 is 4.52 Å². The average molecular weight is 271 g/mol. The Bertz CT molecular complexity index is 767. The quantitative estimate of drug-likeness (QED) is 0.774. The molecule has 20 heavy (non-hydrogen) atoms. The number of imidazole rings is 1. The van der Waals surface area contributed by atoms with E-state index in [9.17, 15) is 0 Å². The third kappa shape index (κ3) is 1.68. The molecule has 0 saturated heterocycles. The third-order valence-corrected chi connectivity index (χ3v) is 3.70. The number of nitrogens with two attached hydrogens (primary N) is 1. The molecule has 0 aliphatic heterocycles. The molecule has 0 fully saturated rings. The number of nitrogen functional groups attached to an aromatic ring is 1. The fourth-order valence-corrected chi connectivity index (χ4v) is 2.72. The van der Waals surface area contributed by atoms with Gasteiger partial charge in [-0.2, -0.15) is 0 Å². The predicted molar refractivity (Wildman–Crippen MR) is 76.5 cm³/mol. The summed E-state index contributed by atoms with van der Waals surface area (Å²) in [5.74, 6) is 1.25. The zero-order valence-electron chi connectivity index (χ0n) is 12.0. The second-order valence-corrected chi connectivity index (χ2v) is 5.05. The number of nitrogens with zero attached hydrogens (tertiary/aromatic N) is 4. The van der Waals surface area contributed by atoms with Crippen molar-refractivity contribution in [3.05, 3.63) is 34.8 Å². The first-order valence-electron chi connectivity index (χ1n) is 6.52. The molecule has 2 N–H and O–H groups in total. The van der Waals surface area contributed by atoms with Crippen molar-refractivity contribution in [1.82, 2.24) is 19.7 Å². The lowest BCUT2D eigenvalue weighted by atomic mass is 10.1. The Morgan fingerprint density at radius 1 is 1.30 bits per heavy atom. The second kappa shape index (κ2) is 4.33. The van der Waals surface area contributed by atoms with E-state index in [1.807, 2.05) is 38.3 Å². The number of fused-ring (bicyclic) bond motifs is 1. The minimum atomic E-state index is -0.0273. The van der Waals surface area contributed by atoms with Crippen LogP contribution in [0.4, 0.5) is 5.95 Å². The van der Waals surface area contributed by atoms with Crippen LogP contribution < -0.4 is 5.73 Å². The van der Waals surface area contributed by atoms with Crippen molar-refractivity contribution in [3.8, 4) is 0 Å². The van der Waals surface area contributed by atoms with Gasteiger partial charge in [0.2, 0.25) is 5.95 Å². The van der Waals surface area contributed by atoms with Gasteiger partial charge in [-0.05, 0) is 39.3 Å². The molecule has 3 aromatic rings. The molecule has 0 saturated carbocycles. The van der Waals surface area contributed by atoms with E-state index in [2.05, 4.69) is 15.1 Å². The standard InChI is InChI=1S/C14H17N5O/c1-7-5-6-16-13-12(7)17-14(15)19(13)9(3)11-8(2)18-20-10(11)4/h5-6,9H,1-4H3,(H2,15,17). The lowest BCUT2D eigenvalue weighted by molar-refractivity contribution is 0.391. The Kier molecular flexibility index (Phi) is 2.74. The number of hydrogen-bond donors (Lipinski definition) is 1. The van der Waals surface area contributed by atoms with Crippen molar-refractivity contribution >= 4 is 17.1 Å². The molecule has 1 atom stereocenters. The number of anilines is 1. The van der Waals surface area contributed by atoms with Gasteiger partial charge in [0.15, 0.2) is 5.65 Å². The maximum Gasteiger partial charge on any atom is 0.203 e. The summed E-state index contributed by atoms with van der Waals surface area (Å²) in [5, 5.41) is 4.00. The van der Waals surface area contributed by atoms with Crippen molar-refractivity contribution in [2.75, 3.05) is 5.73 Å². The van der Waals surface area contributed by atoms with Crippen molar-refractivity contribution in [2.24, 2.45) is 0 Å². The number of hydrogen-bond acceptors (Lipinski definition) is 5. The largest absolute Gasteiger partial charge is 0.369 e. The summed E-state index contributed by atoms with van der Waals surface area (Å²) in [7, 11) is 0. The average Bonchev–Trinajstić information content (AvgIpc) is 2.90. The van der Waals surface area contributed by atoms with Gasteiger partial charge in [0.05, 0.1) is 11.7 Å². The molecular formula is C14H17N5O. The first-order valence-corrected chi connectivity index (χ1v) is 6.52. The molecular weight excluding hydrogens is 254 g/mol. The highest BCUT2D eigenvalue weighted by atomic mass is 16.5. The molecule has 0 radical (unpaired) electrons. The van der Waals surface area contributed by atoms with Crippen molar-refractivity contribution in [2.45, 2.75) is 33.7 Å². The van der Waals surface area contributed by atoms with Crippen LogP contribution in [0.1, 0.15) is 35.5 Å². The summed E-state index contributed by atoms with van der Waals surface area (Å²) in [5.41, 5.74) is 10.7. The van der Waals surface area contributed by atoms with E-state index >= 15 is 0 Å². The fourth-order valence-electron chi connectivity index (χ4n) is 2.72. The molecule has 0 aliphatic rings. The van der Waals surface area contributed by atoms with Gasteiger partial charge in [-0.15, -0.1) is 0 Å². The van der Waals surface area contributed by atoms with Crippen LogP contribution in [0.2, 0.25) is 0 Å². The Morgan fingerprint density at radius 3 is 2.70 bits per heavy atom. The third-order valence-electron chi connectivity index (χ3n) is 3.70. The van der Waals surface area contributed by atoms with Crippen LogP contribution in [0.5, 0.6) is 0 Å². The Balaban J connectivity index is 2.25. The van der Waals surface area contributed by atoms with Gasteiger partial charge in [0.25, 0.3) is 0 Å². The van der Waals surface area contributed by atoms with E-state index in [1.165, 1.54) is 0 Å². The summed E-state index contributed by atoms with van der Waals surface area (Å²) in [6.07, 6.45) is 1.77. The van der Waals surface area contributed by atoms with Crippen LogP contribution >= 0.6 is 0 Å². The van der Waals surface area contributed by atoms with Gasteiger partial charge in [-0.25, -0.2) is 9.97 Å². The van der Waals surface area contributed by atoms with E-state index in [4.69, 9.17) is 10.3 Å². The van der Waals surface area contributed by atoms with E-state index in [-0.39, 0.29) is 6.04 Å². The molecule has 0 amide bonds. The minimum Gasteiger partial charge on any atom is -0.369 e. The topological polar surface area (TPSA) is 82.8 Å². The van der Waals surface area contributed by atoms with Crippen LogP contribution in [0.3, 0.4) is 0 Å². The zero-order valence-corrected chi connectivity index (χ0v) is 12.0. The number of aromatic nitrogens is 4. The molecule has 104 valence electrons. The van der Waals surface area contributed by atoms with Crippen LogP contribution in [-0.2, 0) is 0 Å². The van der Waals surface area contributed by atoms with Gasteiger partial charge < -0.3 is 10.3 Å². The SMILES string of the molecule is Cc1noc(C)c1C(C)n1c(N)nc2c(C)ccnc21. The molecule has 3 aromatic heterocycles. The van der Waals surface area contributed by atoms with Gasteiger partial charge in [-0.3, -0.25) is 4.57 Å². The highest BCUT2D eigenvalue weighted by molar-refractivity contribution is 5.77. The summed E-state index contributed by atoms with van der Waals surface area (Å²) < 4.78 is 7.17. The Hall–Kier alpha value is -2.37. The highest BCUT2D eigenvalue weighted by Gasteiger charge is 2.23. The minimum absolute atomic E-state index is 0.0273. The first-order chi connectivity index (χ1) is 9.50. The van der Waals surface area contributed by atoms with E-state index in [0.29, 0.717) is 5.95 Å². The molecule has 6 heteroatoms. The molecule has 0 aliphatic carbocycles. The summed E-state index contributed by atoms with van der Waals surface area (Å²) >= 11 is 0. The number of pyridine rings is 1. The molecule has 0 bridgehead atoms. The molecule has 3 rings (SSSR count). The summed E-state index contributed by atoms with van der Waals surface area (Å²) in [6.45, 7) is 7.88. The second-order valence-electron chi connectivity index (χ2n) is 5.05. The maximum absolute atomic E-state index is 6.09. The lowest BCUT2D eigenvalue weighted by Gasteiger charge is -2.15. The van der Waals surface area contributed by atoms with Crippen LogP contribution in [0.25, 0.3) is 11.2 Å². The maximum atomic E-state index is 6.09. The number of aryl methyl sites for hydroxylation is 3. The van der Waals surface area contributed by atoms with Crippen LogP contribution in [0.15, 0.2) is 16.8 Å². The van der Waals surface area contributed by atoms with E-state index < -0.39 is 0 Å². The molecule has 3 heterocycles. The van der Waals surface area contributed by atoms with Gasteiger partial charge in [-0.1, -0.05) is 5.16 Å². The normalized spacial score (nSPS) is 13.0. The molecule has 0 spiro atoms. The monoisotopic (exact) mass is 271 g/mol. The van der Waals surface area contributed by atoms with Crippen LogP contribution in [-0.4, -0.2) is 19.7 Å². The summed E-state index contributed by atoms with van der Waals surface area (Å²) in [4.78, 5) is 8.85. The van der Waals surface area contributed by atoms with E-state index in [0.717, 1.165) is 33.7 Å². The Labute approximate surface area is 116 Å². The van der Waals surface area contributed by atoms with Gasteiger partial charge in [0.1, 0.15) is 11.3 Å². The smallest absolute Gasteiger partial charge is 0.203 e. The lowest BCUT2D eigenvalue weighted by Crippen LogP contribution is -2.12. The highest BCUT2D eigenvalue weighted by Crippen LogP contribution is 2.30. The first kappa shape index (κ1) is 12.7. The molecule has 6 nitrogen and oxygen atoms in total. The van der Waals surface area contributed by atoms with Gasteiger partial charge in [0, 0.05) is 11.8 Å². The van der Waals surface area contributed by atoms with Gasteiger partial charge >= 0.3 is 0 Å². The molecule has 1 unspecified atom stereocenters. The van der Waals surface area contributed by atoms with Crippen LogP contribution in [0, 0.1) is 20.8 Å². The fraction of sp³-hybridized carbons (Fsp3) is 0.357. The predicted octanol–water partition coefficient (Wildman–Crippen LogP) is 2.54. The molecule has 0 aromatic carbocycles. The number of rotatable bonds is 2. The van der Waals surface area contributed by atoms with Crippen molar-refractivity contribution in [1.29, 1.82) is 0 Å². The van der Waals surface area contributed by atoms with Crippen molar-refractivity contribution in [3.63, 3.8) is 0 Å². The van der Waals surface area contributed by atoms with E-state index in [1.54, 1.807) is 6.20 Å². The zero-order chi connectivity index (χ0) is 14.4. The Morgan fingerprint density at radius 2 is 2.05 bits per heavy atom.